The fourth-order valence-corrected chi connectivity index (χ4v) is 0.420. The van der Waals surface area contributed by atoms with Crippen molar-refractivity contribution in [3.05, 3.63) is 22.0 Å². The number of hydrogen-bond acceptors (Lipinski definition) is 4. The molecule has 0 fully saturated rings. The molecule has 0 aliphatic carbocycles. The molecule has 1 N–H and O–H groups in total. The van der Waals surface area contributed by atoms with E-state index in [1.807, 2.05) is 20.8 Å². The van der Waals surface area contributed by atoms with Crippen LogP contribution in [0.5, 0.6) is 0 Å². The summed E-state index contributed by atoms with van der Waals surface area (Å²) in [6.07, 6.45) is 1.31. The first-order valence-electron chi connectivity index (χ1n) is 3.44. The summed E-state index contributed by atoms with van der Waals surface area (Å²) >= 11 is 0. The molecule has 0 amide bonds. The molecule has 0 aromatic rings. The van der Waals surface area contributed by atoms with Crippen LogP contribution in [0.25, 0.3) is 0 Å². The Kier molecular flexibility index (Phi) is 3.40. The van der Waals surface area contributed by atoms with Gasteiger partial charge in [0, 0.05) is 5.54 Å². The molecule has 0 atom stereocenters. The zero-order chi connectivity index (χ0) is 9.78. The molecule has 68 valence electrons. The highest BCUT2D eigenvalue weighted by atomic mass is 16.6. The average molecular weight is 172 g/mol. The minimum Gasteiger partial charge on any atom is -0.381 e. The SMILES string of the molecule is CC(C)(C)N/C=C(\C=O)[N+](=O)[O-]. The van der Waals surface area contributed by atoms with Crippen molar-refractivity contribution < 1.29 is 9.72 Å². The summed E-state index contributed by atoms with van der Waals surface area (Å²) in [5, 5.41) is 12.8. The molecular formula is C7H12N2O3. The summed E-state index contributed by atoms with van der Waals surface area (Å²) in [6, 6.07) is 0. The Morgan fingerprint density at radius 3 is 2.25 bits per heavy atom. The topological polar surface area (TPSA) is 72.2 Å². The van der Waals surface area contributed by atoms with Gasteiger partial charge in [-0.25, -0.2) is 0 Å². The highest BCUT2D eigenvalue weighted by molar-refractivity contribution is 5.69. The van der Waals surface area contributed by atoms with Gasteiger partial charge in [-0.3, -0.25) is 14.9 Å². The highest BCUT2D eigenvalue weighted by Gasteiger charge is 2.11. The van der Waals surface area contributed by atoms with Crippen molar-refractivity contribution in [1.82, 2.24) is 5.32 Å². The van der Waals surface area contributed by atoms with E-state index < -0.39 is 10.6 Å². The van der Waals surface area contributed by atoms with E-state index in [-0.39, 0.29) is 11.8 Å². The van der Waals surface area contributed by atoms with Crippen LogP contribution in [0.4, 0.5) is 0 Å². The third-order valence-corrected chi connectivity index (χ3v) is 0.985. The number of carbonyl (C=O) groups is 1. The normalized spacial score (nSPS) is 12.4. The molecule has 0 aliphatic rings. The second-order valence-electron chi connectivity index (χ2n) is 3.34. The Morgan fingerprint density at radius 1 is 1.50 bits per heavy atom. The Morgan fingerprint density at radius 2 is 2.00 bits per heavy atom. The van der Waals surface area contributed by atoms with Gasteiger partial charge in [0.25, 0.3) is 0 Å². The standard InChI is InChI=1S/C7H12N2O3/c1-7(2,3)8-4-6(5-10)9(11)12/h4-5,8H,1-3H3/b6-4+. The molecule has 0 saturated carbocycles. The van der Waals surface area contributed by atoms with Gasteiger partial charge < -0.3 is 5.32 Å². The quantitative estimate of drug-likeness (QED) is 0.294. The van der Waals surface area contributed by atoms with Crippen molar-refractivity contribution >= 4 is 6.29 Å². The van der Waals surface area contributed by atoms with E-state index in [2.05, 4.69) is 5.32 Å². The van der Waals surface area contributed by atoms with Gasteiger partial charge in [-0.2, -0.15) is 0 Å². The molecule has 5 nitrogen and oxygen atoms in total. The molecule has 12 heavy (non-hydrogen) atoms. The van der Waals surface area contributed by atoms with Crippen LogP contribution >= 0.6 is 0 Å². The Hall–Kier alpha value is -1.39. The number of rotatable bonds is 3. The van der Waals surface area contributed by atoms with E-state index in [9.17, 15) is 14.9 Å². The minimum atomic E-state index is -0.730. The molecule has 0 aromatic heterocycles. The average Bonchev–Trinajstić information content (AvgIpc) is 1.85. The third kappa shape index (κ3) is 4.43. The lowest BCUT2D eigenvalue weighted by Gasteiger charge is -2.17. The van der Waals surface area contributed by atoms with Crippen LogP contribution in [0.2, 0.25) is 0 Å². The smallest absolute Gasteiger partial charge is 0.324 e. The van der Waals surface area contributed by atoms with Gasteiger partial charge in [-0.1, -0.05) is 0 Å². The van der Waals surface area contributed by atoms with Crippen molar-refractivity contribution in [2.75, 3.05) is 0 Å². The van der Waals surface area contributed by atoms with E-state index in [0.717, 1.165) is 6.20 Å². The number of nitro groups is 1. The lowest BCUT2D eigenvalue weighted by molar-refractivity contribution is -0.417. The van der Waals surface area contributed by atoms with Gasteiger partial charge in [-0.05, 0) is 20.8 Å². The fourth-order valence-electron chi connectivity index (χ4n) is 0.420. The number of nitrogens with one attached hydrogen (secondary N) is 1. The van der Waals surface area contributed by atoms with Crippen molar-refractivity contribution in [3.63, 3.8) is 0 Å². The molecule has 0 radical (unpaired) electrons. The summed E-state index contributed by atoms with van der Waals surface area (Å²) < 4.78 is 0. The van der Waals surface area contributed by atoms with Crippen LogP contribution in [-0.4, -0.2) is 16.7 Å². The number of carbonyl (C=O) groups excluding carboxylic acids is 1. The number of hydrogen-bond donors (Lipinski definition) is 1. The van der Waals surface area contributed by atoms with Crippen molar-refractivity contribution in [2.24, 2.45) is 0 Å². The van der Waals surface area contributed by atoms with E-state index in [1.165, 1.54) is 0 Å². The first kappa shape index (κ1) is 10.6. The largest absolute Gasteiger partial charge is 0.381 e. The summed E-state index contributed by atoms with van der Waals surface area (Å²) in [4.78, 5) is 19.5. The van der Waals surface area contributed by atoms with Crippen LogP contribution in [0, 0.1) is 10.1 Å². The summed E-state index contributed by atoms with van der Waals surface area (Å²) in [6.45, 7) is 5.52. The number of aldehydes is 1. The zero-order valence-electron chi connectivity index (χ0n) is 7.33. The maximum Gasteiger partial charge on any atom is 0.324 e. The van der Waals surface area contributed by atoms with Gasteiger partial charge in [-0.15, -0.1) is 0 Å². The van der Waals surface area contributed by atoms with Crippen molar-refractivity contribution in [3.8, 4) is 0 Å². The number of allylic oxidation sites excluding steroid dienone is 1. The molecule has 0 heterocycles. The maximum atomic E-state index is 10.1. The molecule has 0 unspecified atom stereocenters. The van der Waals surface area contributed by atoms with E-state index in [1.54, 1.807) is 0 Å². The molecular weight excluding hydrogens is 160 g/mol. The third-order valence-electron chi connectivity index (χ3n) is 0.985. The minimum absolute atomic E-state index is 0.207. The molecule has 0 spiro atoms. The molecule has 0 saturated heterocycles. The lowest BCUT2D eigenvalue weighted by Crippen LogP contribution is -2.32. The van der Waals surface area contributed by atoms with Crippen LogP contribution in [0.15, 0.2) is 11.9 Å². The van der Waals surface area contributed by atoms with Crippen LogP contribution in [0.3, 0.4) is 0 Å². The molecule has 0 bridgehead atoms. The van der Waals surface area contributed by atoms with E-state index >= 15 is 0 Å². The Labute approximate surface area is 70.6 Å². The monoisotopic (exact) mass is 172 g/mol. The van der Waals surface area contributed by atoms with Crippen molar-refractivity contribution in [1.29, 1.82) is 0 Å². The zero-order valence-corrected chi connectivity index (χ0v) is 7.33. The highest BCUT2D eigenvalue weighted by Crippen LogP contribution is 1.99. The van der Waals surface area contributed by atoms with Crippen molar-refractivity contribution in [2.45, 2.75) is 26.3 Å². The summed E-state index contributed by atoms with van der Waals surface area (Å²) in [5.74, 6) is 0. The maximum absolute atomic E-state index is 10.1. The van der Waals surface area contributed by atoms with Crippen LogP contribution in [-0.2, 0) is 4.79 Å². The van der Waals surface area contributed by atoms with Gasteiger partial charge in [0.15, 0.2) is 0 Å². The predicted octanol–water partition coefficient (Wildman–Crippen LogP) is 0.692. The molecule has 0 rings (SSSR count). The summed E-state index contributed by atoms with van der Waals surface area (Å²) in [5.41, 5.74) is -0.741. The Bertz CT molecular complexity index is 215. The van der Waals surface area contributed by atoms with Crippen LogP contribution in [0.1, 0.15) is 20.8 Å². The summed E-state index contributed by atoms with van der Waals surface area (Å²) in [7, 11) is 0. The van der Waals surface area contributed by atoms with Gasteiger partial charge >= 0.3 is 5.70 Å². The number of nitrogens with zero attached hydrogens (tertiary/aromatic N) is 1. The van der Waals surface area contributed by atoms with Gasteiger partial charge in [0.1, 0.15) is 0 Å². The first-order valence-corrected chi connectivity index (χ1v) is 3.44. The van der Waals surface area contributed by atoms with Gasteiger partial charge in [0.2, 0.25) is 6.29 Å². The second kappa shape index (κ2) is 3.85. The first-order chi connectivity index (χ1) is 5.37. The molecule has 0 aromatic carbocycles. The van der Waals surface area contributed by atoms with E-state index in [0.29, 0.717) is 0 Å². The van der Waals surface area contributed by atoms with Gasteiger partial charge in [0.05, 0.1) is 11.1 Å². The predicted molar refractivity (Wildman–Crippen MR) is 44.0 cm³/mol. The second-order valence-corrected chi connectivity index (χ2v) is 3.34. The molecule has 0 aliphatic heterocycles. The van der Waals surface area contributed by atoms with Crippen LogP contribution < -0.4 is 5.32 Å². The molecule has 5 heteroatoms. The lowest BCUT2D eigenvalue weighted by atomic mass is 10.1. The Balaban J connectivity index is 4.32. The fraction of sp³-hybridized carbons (Fsp3) is 0.571. The van der Waals surface area contributed by atoms with E-state index in [4.69, 9.17) is 0 Å².